The largest absolute Gasteiger partial charge is 0.466 e. The van der Waals surface area contributed by atoms with E-state index in [9.17, 15) is 13.2 Å². The molecule has 0 fully saturated rings. The molecule has 7 heteroatoms. The molecular formula is C24H22BrNO4S. The van der Waals surface area contributed by atoms with Gasteiger partial charge in [0.05, 0.1) is 29.8 Å². The van der Waals surface area contributed by atoms with E-state index < -0.39 is 16.0 Å². The molecule has 3 aromatic rings. The van der Waals surface area contributed by atoms with Crippen molar-refractivity contribution in [1.29, 1.82) is 0 Å². The monoisotopic (exact) mass is 499 g/mol. The van der Waals surface area contributed by atoms with Gasteiger partial charge in [-0.1, -0.05) is 60.2 Å². The van der Waals surface area contributed by atoms with Crippen molar-refractivity contribution in [2.75, 3.05) is 18.0 Å². The van der Waals surface area contributed by atoms with Crippen molar-refractivity contribution in [3.63, 3.8) is 0 Å². The number of rotatable bonds is 7. The fraction of sp³-hybridized carbons (Fsp3) is 0.125. The molecule has 0 radical (unpaired) electrons. The summed E-state index contributed by atoms with van der Waals surface area (Å²) in [6.45, 7) is 1.69. The van der Waals surface area contributed by atoms with Crippen LogP contribution in [-0.4, -0.2) is 28.0 Å². The number of halogens is 1. The summed E-state index contributed by atoms with van der Waals surface area (Å²) in [5.74, 6) is -0.597. The lowest BCUT2D eigenvalue weighted by Crippen LogP contribution is -2.35. The average Bonchev–Trinajstić information content (AvgIpc) is 2.77. The van der Waals surface area contributed by atoms with Gasteiger partial charge in [0.15, 0.2) is 0 Å². The smallest absolute Gasteiger partial charge is 0.335 e. The Labute approximate surface area is 191 Å². The van der Waals surface area contributed by atoms with Crippen LogP contribution in [0.4, 0.5) is 5.69 Å². The number of ether oxygens (including phenoxy) is 1. The van der Waals surface area contributed by atoms with Crippen LogP contribution in [0.2, 0.25) is 0 Å². The number of hydrogen-bond acceptors (Lipinski definition) is 4. The van der Waals surface area contributed by atoms with Crippen LogP contribution < -0.4 is 4.31 Å². The van der Waals surface area contributed by atoms with Gasteiger partial charge in [-0.25, -0.2) is 13.2 Å². The highest BCUT2D eigenvalue weighted by Gasteiger charge is 2.29. The van der Waals surface area contributed by atoms with Gasteiger partial charge in [0, 0.05) is 4.47 Å². The molecule has 0 atom stereocenters. The minimum absolute atomic E-state index is 0.137. The van der Waals surface area contributed by atoms with E-state index in [0.29, 0.717) is 10.2 Å². The predicted octanol–water partition coefficient (Wildman–Crippen LogP) is 5.21. The van der Waals surface area contributed by atoms with Crippen molar-refractivity contribution in [2.45, 2.75) is 11.8 Å². The summed E-state index contributed by atoms with van der Waals surface area (Å²) in [5.41, 5.74) is 2.35. The van der Waals surface area contributed by atoms with Crippen molar-refractivity contribution in [3.8, 4) is 0 Å². The summed E-state index contributed by atoms with van der Waals surface area (Å²) in [5, 5.41) is 0. The number of aryl methyl sites for hydroxylation is 1. The Balaban J connectivity index is 2.14. The highest BCUT2D eigenvalue weighted by molar-refractivity contribution is 9.10. The van der Waals surface area contributed by atoms with Gasteiger partial charge in [-0.2, -0.15) is 0 Å². The zero-order chi connectivity index (χ0) is 22.4. The molecule has 0 aliphatic carbocycles. The number of anilines is 1. The van der Waals surface area contributed by atoms with Crippen LogP contribution in [0, 0.1) is 6.92 Å². The van der Waals surface area contributed by atoms with Gasteiger partial charge in [-0.15, -0.1) is 0 Å². The van der Waals surface area contributed by atoms with Gasteiger partial charge in [0.1, 0.15) is 0 Å². The molecule has 0 heterocycles. The summed E-state index contributed by atoms with van der Waals surface area (Å²) in [6, 6.07) is 22.8. The molecule has 0 aliphatic heterocycles. The molecule has 0 aliphatic rings. The van der Waals surface area contributed by atoms with Crippen LogP contribution in [0.15, 0.2) is 93.8 Å². The van der Waals surface area contributed by atoms with E-state index in [2.05, 4.69) is 15.9 Å². The number of hydrogen-bond donors (Lipinski definition) is 0. The van der Waals surface area contributed by atoms with E-state index in [4.69, 9.17) is 4.74 Å². The second kappa shape index (κ2) is 9.94. The molecule has 0 aromatic heterocycles. The van der Waals surface area contributed by atoms with Gasteiger partial charge in [0.25, 0.3) is 10.0 Å². The fourth-order valence-electron chi connectivity index (χ4n) is 3.00. The molecule has 0 saturated carbocycles. The zero-order valence-corrected chi connectivity index (χ0v) is 19.6. The first-order valence-electron chi connectivity index (χ1n) is 9.51. The Morgan fingerprint density at radius 3 is 2.19 bits per heavy atom. The zero-order valence-electron chi connectivity index (χ0n) is 17.2. The van der Waals surface area contributed by atoms with E-state index in [1.54, 1.807) is 54.6 Å². The topological polar surface area (TPSA) is 63.7 Å². The van der Waals surface area contributed by atoms with Crippen molar-refractivity contribution < 1.29 is 17.9 Å². The normalized spacial score (nSPS) is 11.8. The van der Waals surface area contributed by atoms with E-state index in [-0.39, 0.29) is 17.0 Å². The first-order valence-corrected chi connectivity index (χ1v) is 11.7. The number of methoxy groups -OCH3 is 1. The van der Waals surface area contributed by atoms with Crippen LogP contribution in [0.3, 0.4) is 0 Å². The van der Waals surface area contributed by atoms with Crippen LogP contribution in [0.5, 0.6) is 0 Å². The molecule has 5 nitrogen and oxygen atoms in total. The molecule has 0 N–H and O–H groups in total. The minimum atomic E-state index is -3.97. The molecule has 0 spiro atoms. The lowest BCUT2D eigenvalue weighted by Gasteiger charge is -2.26. The van der Waals surface area contributed by atoms with Gasteiger partial charge >= 0.3 is 5.97 Å². The summed E-state index contributed by atoms with van der Waals surface area (Å²) in [4.78, 5) is 12.7. The van der Waals surface area contributed by atoms with E-state index in [0.717, 1.165) is 11.1 Å². The van der Waals surface area contributed by atoms with Crippen molar-refractivity contribution in [2.24, 2.45) is 0 Å². The van der Waals surface area contributed by atoms with Crippen LogP contribution in [0.1, 0.15) is 11.1 Å². The molecule has 160 valence electrons. The highest BCUT2D eigenvalue weighted by atomic mass is 79.9. The molecule has 0 amide bonds. The number of para-hydroxylation sites is 1. The van der Waals surface area contributed by atoms with E-state index in [1.807, 2.05) is 37.3 Å². The second-order valence-electron chi connectivity index (χ2n) is 6.85. The van der Waals surface area contributed by atoms with Crippen molar-refractivity contribution >= 4 is 43.7 Å². The second-order valence-corrected chi connectivity index (χ2v) is 9.56. The molecule has 0 bridgehead atoms. The van der Waals surface area contributed by atoms with Crippen molar-refractivity contribution in [1.82, 2.24) is 0 Å². The third-order valence-electron chi connectivity index (χ3n) is 4.63. The van der Waals surface area contributed by atoms with E-state index in [1.165, 1.54) is 11.4 Å². The Hall–Kier alpha value is -2.90. The predicted molar refractivity (Wildman–Crippen MR) is 126 cm³/mol. The minimum Gasteiger partial charge on any atom is -0.466 e. The summed E-state index contributed by atoms with van der Waals surface area (Å²) < 4.78 is 34.0. The summed E-state index contributed by atoms with van der Waals surface area (Å²) >= 11 is 3.44. The average molecular weight is 500 g/mol. The van der Waals surface area contributed by atoms with Gasteiger partial charge < -0.3 is 4.74 Å². The Morgan fingerprint density at radius 2 is 1.58 bits per heavy atom. The lowest BCUT2D eigenvalue weighted by molar-refractivity contribution is -0.136. The van der Waals surface area contributed by atoms with Crippen molar-refractivity contribution in [3.05, 3.63) is 100 Å². The molecule has 0 unspecified atom stereocenters. The highest BCUT2D eigenvalue weighted by Crippen LogP contribution is 2.32. The fourth-order valence-corrected chi connectivity index (χ4v) is 5.07. The Kier molecular flexibility index (Phi) is 7.30. The van der Waals surface area contributed by atoms with Crippen LogP contribution in [-0.2, 0) is 19.6 Å². The quantitative estimate of drug-likeness (QED) is 0.330. The van der Waals surface area contributed by atoms with Crippen LogP contribution >= 0.6 is 15.9 Å². The lowest BCUT2D eigenvalue weighted by atomic mass is 10.1. The standard InChI is InChI=1S/C24H22BrNO4S/c1-18-12-14-21(15-13-18)31(28,29)26(23-11-7-6-10-22(23)25)17-20(24(27)30-2)16-19-8-4-3-5-9-19/h3-16H,17H2,1-2H3/b20-16-. The van der Waals surface area contributed by atoms with Gasteiger partial charge in [-0.3, -0.25) is 4.31 Å². The Morgan fingerprint density at radius 1 is 0.968 bits per heavy atom. The maximum absolute atomic E-state index is 13.6. The third-order valence-corrected chi connectivity index (χ3v) is 7.08. The number of nitrogens with zero attached hydrogens (tertiary/aromatic N) is 1. The summed E-state index contributed by atoms with van der Waals surface area (Å²) in [6.07, 6.45) is 1.64. The number of carbonyl (C=O) groups is 1. The number of carbonyl (C=O) groups excluding carboxylic acids is 1. The molecular weight excluding hydrogens is 478 g/mol. The van der Waals surface area contributed by atoms with Gasteiger partial charge in [-0.05, 0) is 58.8 Å². The maximum atomic E-state index is 13.6. The molecule has 3 rings (SSSR count). The maximum Gasteiger partial charge on any atom is 0.335 e. The molecule has 3 aromatic carbocycles. The number of esters is 1. The molecule has 0 saturated heterocycles. The first kappa shape index (κ1) is 22.8. The molecule has 31 heavy (non-hydrogen) atoms. The first-order chi connectivity index (χ1) is 14.8. The van der Waals surface area contributed by atoms with Crippen LogP contribution in [0.25, 0.3) is 6.08 Å². The SMILES string of the molecule is COC(=O)/C(=C\c1ccccc1)CN(c1ccccc1Br)S(=O)(=O)c1ccc(C)cc1. The number of sulfonamides is 1. The number of benzene rings is 3. The third kappa shape index (κ3) is 5.42. The summed E-state index contributed by atoms with van der Waals surface area (Å²) in [7, 11) is -2.69. The van der Waals surface area contributed by atoms with Gasteiger partial charge in [0.2, 0.25) is 0 Å². The Bertz CT molecular complexity index is 1190. The van der Waals surface area contributed by atoms with E-state index >= 15 is 0 Å².